The maximum Gasteiger partial charge on any atom is 0.252 e. The molecule has 1 aliphatic rings. The fourth-order valence-electron chi connectivity index (χ4n) is 2.01. The van der Waals surface area contributed by atoms with Crippen molar-refractivity contribution in [1.82, 2.24) is 10.2 Å². The van der Waals surface area contributed by atoms with E-state index in [4.69, 9.17) is 0 Å². The lowest BCUT2D eigenvalue weighted by atomic mass is 10.2. The molecule has 0 saturated carbocycles. The summed E-state index contributed by atoms with van der Waals surface area (Å²) >= 11 is 3.75. The van der Waals surface area contributed by atoms with Crippen LogP contribution in [0, 0.1) is 2.88 Å². The minimum absolute atomic E-state index is 0.0166. The fourth-order valence-corrected chi connectivity index (χ4v) is 3.34. The van der Waals surface area contributed by atoms with E-state index in [0.717, 1.165) is 15.8 Å². The van der Waals surface area contributed by atoms with Crippen molar-refractivity contribution >= 4 is 45.7 Å². The highest BCUT2D eigenvalue weighted by Gasteiger charge is 2.22. The number of thiophene rings is 1. The van der Waals surface area contributed by atoms with Crippen LogP contribution < -0.4 is 5.32 Å². The van der Waals surface area contributed by atoms with Gasteiger partial charge in [-0.3, -0.25) is 9.59 Å². The first-order valence-electron chi connectivity index (χ1n) is 5.89. The molecule has 0 radical (unpaired) electrons. The highest BCUT2D eigenvalue weighted by molar-refractivity contribution is 14.1. The molecule has 6 heteroatoms. The molecule has 2 amide bonds. The number of carbonyl (C=O) groups is 2. The van der Waals surface area contributed by atoms with Gasteiger partial charge in [0, 0.05) is 30.9 Å². The molecule has 1 aromatic rings. The molecule has 1 unspecified atom stereocenters. The molecule has 1 atom stereocenters. The molecule has 1 N–H and O–H groups in total. The molecule has 0 bridgehead atoms. The van der Waals surface area contributed by atoms with Gasteiger partial charge in [0.15, 0.2) is 0 Å². The number of hydrogen-bond donors (Lipinski definition) is 1. The number of carbonyl (C=O) groups excluding carboxylic acids is 2. The molecule has 1 aromatic heterocycles. The Labute approximate surface area is 124 Å². The first kappa shape index (κ1) is 13.8. The van der Waals surface area contributed by atoms with Gasteiger partial charge in [-0.25, -0.2) is 0 Å². The molecule has 4 nitrogen and oxygen atoms in total. The summed E-state index contributed by atoms with van der Waals surface area (Å²) < 4.78 is 1.10. The first-order valence-corrected chi connectivity index (χ1v) is 7.85. The lowest BCUT2D eigenvalue weighted by Gasteiger charge is -2.21. The maximum atomic E-state index is 11.9. The van der Waals surface area contributed by atoms with Crippen LogP contribution in [0.5, 0.6) is 0 Å². The van der Waals surface area contributed by atoms with Gasteiger partial charge in [-0.15, -0.1) is 11.3 Å². The second kappa shape index (κ2) is 6.01. The van der Waals surface area contributed by atoms with E-state index >= 15 is 0 Å². The van der Waals surface area contributed by atoms with Crippen molar-refractivity contribution in [2.24, 2.45) is 0 Å². The van der Waals surface area contributed by atoms with Crippen LogP contribution >= 0.6 is 33.9 Å². The Balaban J connectivity index is 1.85. The van der Waals surface area contributed by atoms with Crippen molar-refractivity contribution in [1.29, 1.82) is 0 Å². The van der Waals surface area contributed by atoms with Gasteiger partial charge in [0.1, 0.15) is 0 Å². The van der Waals surface area contributed by atoms with Gasteiger partial charge in [0.25, 0.3) is 5.91 Å². The van der Waals surface area contributed by atoms with Gasteiger partial charge in [-0.1, -0.05) is 0 Å². The van der Waals surface area contributed by atoms with Crippen LogP contribution in [-0.4, -0.2) is 35.8 Å². The monoisotopic (exact) mass is 378 g/mol. The molecular weight excluding hydrogens is 363 g/mol. The molecule has 98 valence electrons. The Bertz CT molecular complexity index is 461. The normalized spacial score (nSPS) is 17.0. The quantitative estimate of drug-likeness (QED) is 0.816. The number of hydrogen-bond acceptors (Lipinski definition) is 3. The summed E-state index contributed by atoms with van der Waals surface area (Å²) in [4.78, 5) is 25.2. The minimum Gasteiger partial charge on any atom is -0.348 e. The van der Waals surface area contributed by atoms with E-state index in [1.54, 1.807) is 11.3 Å². The van der Waals surface area contributed by atoms with E-state index in [9.17, 15) is 9.59 Å². The van der Waals surface area contributed by atoms with Gasteiger partial charge in [-0.2, -0.15) is 0 Å². The molecule has 2 heterocycles. The van der Waals surface area contributed by atoms with Crippen molar-refractivity contribution in [3.63, 3.8) is 0 Å². The summed E-state index contributed by atoms with van der Waals surface area (Å²) in [7, 11) is 0. The van der Waals surface area contributed by atoms with Crippen molar-refractivity contribution in [3.8, 4) is 0 Å². The van der Waals surface area contributed by atoms with Gasteiger partial charge in [0.2, 0.25) is 5.91 Å². The molecular formula is C12H15IN2O2S. The zero-order valence-corrected chi connectivity index (χ0v) is 13.1. The second-order valence-corrected chi connectivity index (χ2v) is 7.26. The summed E-state index contributed by atoms with van der Waals surface area (Å²) in [5.41, 5.74) is 0.698. The third kappa shape index (κ3) is 3.44. The number of amides is 2. The molecule has 1 aliphatic heterocycles. The van der Waals surface area contributed by atoms with Crippen LogP contribution in [0.4, 0.5) is 0 Å². The zero-order valence-electron chi connectivity index (χ0n) is 10.1. The van der Waals surface area contributed by atoms with Crippen LogP contribution in [0.1, 0.15) is 30.1 Å². The second-order valence-electron chi connectivity index (χ2n) is 4.46. The van der Waals surface area contributed by atoms with E-state index in [1.165, 1.54) is 0 Å². The standard InChI is InChI=1S/C12H15IN2O2S/c1-8(6-15-4-2-3-11(15)16)14-12(17)9-5-10(13)18-7-9/h5,7-8H,2-4,6H2,1H3,(H,14,17). The SMILES string of the molecule is CC(CN1CCCC1=O)NC(=O)c1csc(I)c1. The van der Waals surface area contributed by atoms with E-state index < -0.39 is 0 Å². The van der Waals surface area contributed by atoms with E-state index in [-0.39, 0.29) is 17.9 Å². The van der Waals surface area contributed by atoms with Crippen LogP contribution in [0.25, 0.3) is 0 Å². The lowest BCUT2D eigenvalue weighted by Crippen LogP contribution is -2.42. The molecule has 18 heavy (non-hydrogen) atoms. The lowest BCUT2D eigenvalue weighted by molar-refractivity contribution is -0.127. The van der Waals surface area contributed by atoms with Crippen LogP contribution in [0.3, 0.4) is 0 Å². The third-order valence-electron chi connectivity index (χ3n) is 2.87. The number of likely N-dealkylation sites (tertiary alicyclic amines) is 1. The Morgan fingerprint density at radius 3 is 3.00 bits per heavy atom. The van der Waals surface area contributed by atoms with Crippen molar-refractivity contribution in [2.75, 3.05) is 13.1 Å². The number of nitrogens with zero attached hydrogens (tertiary/aromatic N) is 1. The van der Waals surface area contributed by atoms with E-state index in [2.05, 4.69) is 27.9 Å². The summed E-state index contributed by atoms with van der Waals surface area (Å²) in [6, 6.07) is 1.85. The molecule has 1 saturated heterocycles. The predicted octanol–water partition coefficient (Wildman–Crippen LogP) is 2.09. The smallest absolute Gasteiger partial charge is 0.252 e. The fraction of sp³-hybridized carbons (Fsp3) is 0.500. The highest BCUT2D eigenvalue weighted by Crippen LogP contribution is 2.16. The van der Waals surface area contributed by atoms with Crippen LogP contribution in [-0.2, 0) is 4.79 Å². The van der Waals surface area contributed by atoms with Crippen molar-refractivity contribution in [3.05, 3.63) is 19.9 Å². The molecule has 0 aromatic carbocycles. The third-order valence-corrected chi connectivity index (χ3v) is 4.66. The molecule has 0 aliphatic carbocycles. The largest absolute Gasteiger partial charge is 0.348 e. The number of halogens is 1. The number of rotatable bonds is 4. The summed E-state index contributed by atoms with van der Waals surface area (Å²) in [5, 5.41) is 4.78. The first-order chi connectivity index (χ1) is 8.56. The van der Waals surface area contributed by atoms with Crippen LogP contribution in [0.2, 0.25) is 0 Å². The van der Waals surface area contributed by atoms with Gasteiger partial charge in [0.05, 0.1) is 8.45 Å². The van der Waals surface area contributed by atoms with E-state index in [0.29, 0.717) is 18.5 Å². The average Bonchev–Trinajstić information content (AvgIpc) is 2.89. The van der Waals surface area contributed by atoms with Crippen LogP contribution in [0.15, 0.2) is 11.4 Å². The summed E-state index contributed by atoms with van der Waals surface area (Å²) in [5.74, 6) is 0.134. The van der Waals surface area contributed by atoms with Gasteiger partial charge >= 0.3 is 0 Å². The Kier molecular flexibility index (Phi) is 4.60. The number of nitrogens with one attached hydrogen (secondary N) is 1. The van der Waals surface area contributed by atoms with Gasteiger partial charge in [-0.05, 0) is 42.0 Å². The molecule has 0 spiro atoms. The molecule has 2 rings (SSSR count). The van der Waals surface area contributed by atoms with E-state index in [1.807, 2.05) is 23.3 Å². The average molecular weight is 378 g/mol. The Morgan fingerprint density at radius 1 is 1.67 bits per heavy atom. The van der Waals surface area contributed by atoms with Crippen molar-refractivity contribution in [2.45, 2.75) is 25.8 Å². The summed E-state index contributed by atoms with van der Waals surface area (Å²) in [6.07, 6.45) is 1.58. The minimum atomic E-state index is -0.0617. The Morgan fingerprint density at radius 2 is 2.44 bits per heavy atom. The Hall–Kier alpha value is -0.630. The van der Waals surface area contributed by atoms with Gasteiger partial charge < -0.3 is 10.2 Å². The topological polar surface area (TPSA) is 49.4 Å². The predicted molar refractivity (Wildman–Crippen MR) is 79.8 cm³/mol. The molecule has 1 fully saturated rings. The van der Waals surface area contributed by atoms with Crippen molar-refractivity contribution < 1.29 is 9.59 Å². The highest BCUT2D eigenvalue weighted by atomic mass is 127. The summed E-state index contributed by atoms with van der Waals surface area (Å²) in [6.45, 7) is 3.35. The zero-order chi connectivity index (χ0) is 13.1. The maximum absolute atomic E-state index is 11.9.